The highest BCUT2D eigenvalue weighted by Crippen LogP contribution is 2.33. The second-order valence-electron chi connectivity index (χ2n) is 7.12. The lowest BCUT2D eigenvalue weighted by Crippen LogP contribution is -2.40. The first-order chi connectivity index (χ1) is 14.3. The van der Waals surface area contributed by atoms with Crippen molar-refractivity contribution in [1.82, 2.24) is 4.31 Å². The van der Waals surface area contributed by atoms with Gasteiger partial charge in [-0.3, -0.25) is 4.79 Å². The second-order valence-corrected chi connectivity index (χ2v) is 10.1. The number of nitrogens with zero attached hydrogens (tertiary/aromatic N) is 1. The van der Waals surface area contributed by atoms with Gasteiger partial charge in [-0.25, -0.2) is 12.8 Å². The molecule has 9 heteroatoms. The van der Waals surface area contributed by atoms with Gasteiger partial charge < -0.3 is 10.1 Å². The average molecular weight is 449 g/mol. The Morgan fingerprint density at radius 2 is 1.90 bits per heavy atom. The van der Waals surface area contributed by atoms with E-state index in [1.807, 2.05) is 0 Å². The molecular weight excluding hydrogens is 427 g/mol. The number of fused-ring (bicyclic) bond motifs is 1. The quantitative estimate of drug-likeness (QED) is 0.656. The Morgan fingerprint density at radius 3 is 2.60 bits per heavy atom. The van der Waals surface area contributed by atoms with Crippen molar-refractivity contribution in [3.05, 3.63) is 58.2 Å². The van der Waals surface area contributed by atoms with Crippen LogP contribution in [-0.4, -0.2) is 44.9 Å². The predicted octanol–water partition coefficient (Wildman–Crippen LogP) is 3.93. The normalized spacial score (nSPS) is 15.4. The van der Waals surface area contributed by atoms with Crippen LogP contribution in [-0.2, 0) is 14.8 Å². The van der Waals surface area contributed by atoms with E-state index in [2.05, 4.69) is 5.32 Å². The second kappa shape index (κ2) is 8.07. The molecule has 0 bridgehead atoms. The lowest BCUT2D eigenvalue weighted by Gasteiger charge is -2.26. The van der Waals surface area contributed by atoms with Crippen LogP contribution < -0.4 is 5.32 Å². The third kappa shape index (κ3) is 3.74. The molecule has 0 spiro atoms. The number of morpholine rings is 1. The van der Waals surface area contributed by atoms with Gasteiger partial charge >= 0.3 is 0 Å². The lowest BCUT2D eigenvalue weighted by atomic mass is 10.1. The van der Waals surface area contributed by atoms with E-state index in [-0.39, 0.29) is 10.7 Å². The number of hydrogen-bond donors (Lipinski definition) is 1. The summed E-state index contributed by atoms with van der Waals surface area (Å²) in [6.07, 6.45) is 0. The topological polar surface area (TPSA) is 75.7 Å². The number of carbonyl (C=O) groups excluding carboxylic acids is 1. The number of sulfonamides is 1. The lowest BCUT2D eigenvalue weighted by molar-refractivity contribution is 0.0730. The van der Waals surface area contributed by atoms with Crippen LogP contribution in [0.4, 0.5) is 10.1 Å². The van der Waals surface area contributed by atoms with Crippen LogP contribution >= 0.6 is 11.3 Å². The molecule has 0 unspecified atom stereocenters. The number of anilines is 1. The monoisotopic (exact) mass is 448 g/mol. The van der Waals surface area contributed by atoms with E-state index in [0.29, 0.717) is 58.1 Å². The van der Waals surface area contributed by atoms with E-state index >= 15 is 0 Å². The van der Waals surface area contributed by atoms with Gasteiger partial charge in [0.05, 0.1) is 23.0 Å². The van der Waals surface area contributed by atoms with Gasteiger partial charge in [-0.2, -0.15) is 4.31 Å². The molecule has 1 saturated heterocycles. The van der Waals surface area contributed by atoms with Crippen LogP contribution in [0.2, 0.25) is 0 Å². The molecule has 3 aromatic rings. The molecule has 1 aromatic heterocycles. The number of aryl methyl sites for hydroxylation is 2. The summed E-state index contributed by atoms with van der Waals surface area (Å²) in [6.45, 7) is 4.74. The van der Waals surface area contributed by atoms with Gasteiger partial charge in [0.2, 0.25) is 10.0 Å². The fourth-order valence-corrected chi connectivity index (χ4v) is 6.32. The van der Waals surface area contributed by atoms with Gasteiger partial charge in [0.1, 0.15) is 5.82 Å². The Bertz CT molecular complexity index is 1230. The van der Waals surface area contributed by atoms with E-state index in [1.54, 1.807) is 38.1 Å². The first-order valence-electron chi connectivity index (χ1n) is 9.46. The first kappa shape index (κ1) is 20.9. The largest absolute Gasteiger partial charge is 0.379 e. The summed E-state index contributed by atoms with van der Waals surface area (Å²) in [4.78, 5) is 13.4. The minimum atomic E-state index is -3.69. The third-order valence-electron chi connectivity index (χ3n) is 5.14. The number of carbonyl (C=O) groups is 1. The first-order valence-corrected chi connectivity index (χ1v) is 11.7. The van der Waals surface area contributed by atoms with Crippen LogP contribution in [0.1, 0.15) is 20.8 Å². The summed E-state index contributed by atoms with van der Waals surface area (Å²) in [7, 11) is -3.69. The van der Waals surface area contributed by atoms with E-state index in [4.69, 9.17) is 4.74 Å². The summed E-state index contributed by atoms with van der Waals surface area (Å²) in [5, 5.41) is 3.20. The molecule has 1 amide bonds. The molecule has 0 atom stereocenters. The minimum Gasteiger partial charge on any atom is -0.379 e. The summed E-state index contributed by atoms with van der Waals surface area (Å²) in [5.41, 5.74) is 1.54. The third-order valence-corrected chi connectivity index (χ3v) is 8.44. The molecule has 30 heavy (non-hydrogen) atoms. The average Bonchev–Trinajstić information content (AvgIpc) is 3.08. The zero-order chi connectivity index (χ0) is 21.5. The maximum Gasteiger partial charge on any atom is 0.266 e. The standard InChI is InChI=1S/C21H21FN2O4S2/c1-13-6-7-15(12-18(13)30(26,27)24-8-10-28-11-9-24)23-21(25)20-14(2)19-16(22)4-3-5-17(19)29-20/h3-7,12H,8-11H2,1-2H3,(H,23,25). The number of halogens is 1. The fraction of sp³-hybridized carbons (Fsp3) is 0.286. The van der Waals surface area contributed by atoms with Crippen molar-refractivity contribution in [2.75, 3.05) is 31.6 Å². The number of thiophene rings is 1. The minimum absolute atomic E-state index is 0.154. The number of amides is 1. The highest BCUT2D eigenvalue weighted by atomic mass is 32.2. The Kier molecular flexibility index (Phi) is 5.63. The number of rotatable bonds is 4. The van der Waals surface area contributed by atoms with Crippen LogP contribution in [0.5, 0.6) is 0 Å². The zero-order valence-electron chi connectivity index (χ0n) is 16.6. The molecule has 158 valence electrons. The maximum atomic E-state index is 14.2. The smallest absolute Gasteiger partial charge is 0.266 e. The molecule has 6 nitrogen and oxygen atoms in total. The van der Waals surface area contributed by atoms with Gasteiger partial charge in [0.15, 0.2) is 0 Å². The molecule has 1 N–H and O–H groups in total. The number of benzene rings is 2. The molecule has 0 aliphatic carbocycles. The van der Waals surface area contributed by atoms with Crippen molar-refractivity contribution >= 4 is 43.0 Å². The van der Waals surface area contributed by atoms with Gasteiger partial charge in [-0.05, 0) is 49.2 Å². The van der Waals surface area contributed by atoms with E-state index in [0.717, 1.165) is 0 Å². The van der Waals surface area contributed by atoms with Crippen molar-refractivity contribution < 1.29 is 22.3 Å². The van der Waals surface area contributed by atoms with Crippen molar-refractivity contribution in [2.45, 2.75) is 18.7 Å². The zero-order valence-corrected chi connectivity index (χ0v) is 18.2. The van der Waals surface area contributed by atoms with Crippen molar-refractivity contribution in [3.63, 3.8) is 0 Å². The van der Waals surface area contributed by atoms with Crippen LogP contribution in [0, 0.1) is 19.7 Å². The Morgan fingerprint density at radius 1 is 1.17 bits per heavy atom. The van der Waals surface area contributed by atoms with Crippen LogP contribution in [0.25, 0.3) is 10.1 Å². The Hall–Kier alpha value is -2.33. The van der Waals surface area contributed by atoms with E-state index in [9.17, 15) is 17.6 Å². The van der Waals surface area contributed by atoms with Crippen molar-refractivity contribution in [3.8, 4) is 0 Å². The van der Waals surface area contributed by atoms with Gasteiger partial charge in [-0.1, -0.05) is 12.1 Å². The highest BCUT2D eigenvalue weighted by Gasteiger charge is 2.28. The van der Waals surface area contributed by atoms with Crippen LogP contribution in [0.15, 0.2) is 41.3 Å². The number of nitrogens with one attached hydrogen (secondary N) is 1. The molecule has 1 aliphatic rings. The Labute approximate surface area is 178 Å². The Balaban J connectivity index is 1.65. The molecule has 2 aromatic carbocycles. The fourth-order valence-electron chi connectivity index (χ4n) is 3.54. The molecular formula is C21H21FN2O4S2. The summed E-state index contributed by atoms with van der Waals surface area (Å²) >= 11 is 1.21. The molecule has 4 rings (SSSR count). The molecule has 1 aliphatic heterocycles. The highest BCUT2D eigenvalue weighted by molar-refractivity contribution is 7.89. The van der Waals surface area contributed by atoms with Crippen molar-refractivity contribution in [1.29, 1.82) is 0 Å². The molecule has 1 fully saturated rings. The van der Waals surface area contributed by atoms with E-state index in [1.165, 1.54) is 27.8 Å². The summed E-state index contributed by atoms with van der Waals surface area (Å²) in [5.74, 6) is -0.763. The van der Waals surface area contributed by atoms with E-state index < -0.39 is 15.9 Å². The van der Waals surface area contributed by atoms with Gasteiger partial charge in [-0.15, -0.1) is 11.3 Å². The number of hydrogen-bond acceptors (Lipinski definition) is 5. The molecule has 0 radical (unpaired) electrons. The number of ether oxygens (including phenoxy) is 1. The SMILES string of the molecule is Cc1ccc(NC(=O)c2sc3cccc(F)c3c2C)cc1S(=O)(=O)N1CCOCC1. The van der Waals surface area contributed by atoms with Crippen molar-refractivity contribution in [2.24, 2.45) is 0 Å². The van der Waals surface area contributed by atoms with Gasteiger partial charge in [0, 0.05) is 28.9 Å². The molecule has 0 saturated carbocycles. The summed E-state index contributed by atoms with van der Waals surface area (Å²) in [6, 6.07) is 9.55. The predicted molar refractivity (Wildman–Crippen MR) is 115 cm³/mol. The maximum absolute atomic E-state index is 14.2. The molecule has 2 heterocycles. The van der Waals surface area contributed by atoms with Crippen LogP contribution in [0.3, 0.4) is 0 Å². The summed E-state index contributed by atoms with van der Waals surface area (Å²) < 4.78 is 47.6. The van der Waals surface area contributed by atoms with Gasteiger partial charge in [0.25, 0.3) is 5.91 Å².